The number of halogens is 10. The Morgan fingerprint density at radius 1 is 0.741 bits per heavy atom. The van der Waals surface area contributed by atoms with Crippen molar-refractivity contribution in [3.63, 3.8) is 0 Å². The van der Waals surface area contributed by atoms with E-state index in [1.165, 1.54) is 0 Å². The number of aryl methyl sites for hydroxylation is 2. The summed E-state index contributed by atoms with van der Waals surface area (Å²) in [5.74, 6) is -5.45. The lowest BCUT2D eigenvalue weighted by atomic mass is 9.83. The monoisotopic (exact) mass is 403 g/mol. The van der Waals surface area contributed by atoms with Crippen LogP contribution in [-0.4, -0.2) is 12.4 Å². The summed E-state index contributed by atoms with van der Waals surface area (Å²) in [5, 5.41) is 0. The molecule has 0 nitrogen and oxygen atoms in total. The highest BCUT2D eigenvalue weighted by Gasteiger charge is 2.74. The summed E-state index contributed by atoms with van der Waals surface area (Å²) in [6.07, 6.45) is -13.0. The first-order chi connectivity index (χ1) is 12.1. The van der Waals surface area contributed by atoms with Gasteiger partial charge in [-0.15, -0.1) is 0 Å². The Labute approximate surface area is 146 Å². The van der Waals surface area contributed by atoms with Crippen molar-refractivity contribution < 1.29 is 43.9 Å². The molecule has 0 N–H and O–H groups in total. The van der Waals surface area contributed by atoms with E-state index in [0.717, 1.165) is 13.8 Å². The van der Waals surface area contributed by atoms with Crippen molar-refractivity contribution >= 4 is 0 Å². The maximum Gasteiger partial charge on any atom is 0.435 e. The zero-order valence-corrected chi connectivity index (χ0v) is 13.5. The molecule has 27 heavy (non-hydrogen) atoms. The van der Waals surface area contributed by atoms with E-state index < -0.39 is 57.7 Å². The second kappa shape index (κ2) is 6.42. The van der Waals surface area contributed by atoms with Crippen molar-refractivity contribution in [1.82, 2.24) is 0 Å². The fourth-order valence-electron chi connectivity index (χ4n) is 2.70. The third kappa shape index (κ3) is 3.25. The summed E-state index contributed by atoms with van der Waals surface area (Å²) in [7, 11) is 0. The Hall–Kier alpha value is -2.26. The van der Waals surface area contributed by atoms with Gasteiger partial charge in [0.05, 0.1) is 5.56 Å². The molecule has 0 aliphatic heterocycles. The first kappa shape index (κ1) is 21.0. The molecule has 0 aliphatic rings. The van der Waals surface area contributed by atoms with Crippen LogP contribution in [0, 0.1) is 37.4 Å². The van der Waals surface area contributed by atoms with Crippen molar-refractivity contribution in [2.45, 2.75) is 31.9 Å². The predicted octanol–water partition coefficient (Wildman–Crippen LogP) is 6.48. The summed E-state index contributed by atoms with van der Waals surface area (Å²) in [4.78, 5) is 0. The molecule has 147 valence electrons. The highest BCUT2D eigenvalue weighted by molar-refractivity contribution is 5.74. The molecule has 0 atom stereocenters. The van der Waals surface area contributed by atoms with E-state index in [9.17, 15) is 43.9 Å². The molecular weight excluding hydrogens is 394 g/mol. The topological polar surface area (TPSA) is 0 Å². The maximum atomic E-state index is 14.6. The molecule has 2 aromatic carbocycles. The SMILES string of the molecule is Cc1[c]c(C)c(-c2c(F)ccc(F)c2F)c(C(F)(C(F)(F)F)C(F)(F)F)c1. The average molecular weight is 403 g/mol. The summed E-state index contributed by atoms with van der Waals surface area (Å²) in [5.41, 5.74) is -12.0. The minimum atomic E-state index is -6.51. The Balaban J connectivity index is 3.07. The fourth-order valence-corrected chi connectivity index (χ4v) is 2.70. The predicted molar refractivity (Wildman–Crippen MR) is 75.0 cm³/mol. The molecule has 0 fully saturated rings. The van der Waals surface area contributed by atoms with Gasteiger partial charge >= 0.3 is 18.0 Å². The van der Waals surface area contributed by atoms with Crippen LogP contribution >= 0.6 is 0 Å². The quantitative estimate of drug-likeness (QED) is 0.398. The number of hydrogen-bond acceptors (Lipinski definition) is 0. The fraction of sp³-hybridized carbons (Fsp3) is 0.294. The average Bonchev–Trinajstić information content (AvgIpc) is 2.49. The van der Waals surface area contributed by atoms with Crippen molar-refractivity contribution in [3.05, 3.63) is 58.4 Å². The highest BCUT2D eigenvalue weighted by atomic mass is 19.4. The number of rotatable bonds is 2. The first-order valence-corrected chi connectivity index (χ1v) is 7.13. The lowest BCUT2D eigenvalue weighted by Crippen LogP contribution is -2.50. The zero-order valence-electron chi connectivity index (χ0n) is 13.5. The molecule has 0 bridgehead atoms. The van der Waals surface area contributed by atoms with Crippen LogP contribution in [0.1, 0.15) is 16.7 Å². The molecule has 0 saturated carbocycles. The van der Waals surface area contributed by atoms with Gasteiger partial charge in [0, 0.05) is 5.56 Å². The van der Waals surface area contributed by atoms with Gasteiger partial charge in [-0.3, -0.25) is 0 Å². The maximum absolute atomic E-state index is 14.6. The lowest BCUT2D eigenvalue weighted by molar-refractivity contribution is -0.348. The highest BCUT2D eigenvalue weighted by Crippen LogP contribution is 2.56. The standard InChI is InChI=1S/C17H9F10/c1-7-5-8(2)12(13-10(18)3-4-11(19)14(13)20)9(6-7)15(21,16(22,23)24)17(25,26)27/h3-4,6H,1-2H3. The molecule has 0 spiro atoms. The minimum absolute atomic E-state index is 0.132. The molecule has 2 rings (SSSR count). The summed E-state index contributed by atoms with van der Waals surface area (Å²) >= 11 is 0. The summed E-state index contributed by atoms with van der Waals surface area (Å²) in [6.45, 7) is 1.90. The van der Waals surface area contributed by atoms with Gasteiger partial charge in [0.2, 0.25) is 0 Å². The van der Waals surface area contributed by atoms with Crippen molar-refractivity contribution in [2.75, 3.05) is 0 Å². The Bertz CT molecular complexity index is 863. The first-order valence-electron chi connectivity index (χ1n) is 7.13. The second-order valence-electron chi connectivity index (χ2n) is 5.74. The van der Waals surface area contributed by atoms with Crippen LogP contribution in [0.15, 0.2) is 18.2 Å². The van der Waals surface area contributed by atoms with Gasteiger partial charge < -0.3 is 0 Å². The third-order valence-electron chi connectivity index (χ3n) is 3.84. The smallest absolute Gasteiger partial charge is 0.218 e. The molecule has 2 aromatic rings. The van der Waals surface area contributed by atoms with E-state index in [1.54, 1.807) is 0 Å². The summed E-state index contributed by atoms with van der Waals surface area (Å²) in [6, 6.07) is 2.99. The van der Waals surface area contributed by atoms with Crippen LogP contribution in [0.4, 0.5) is 43.9 Å². The molecule has 0 unspecified atom stereocenters. The van der Waals surface area contributed by atoms with Gasteiger partial charge in [-0.1, -0.05) is 6.07 Å². The lowest BCUT2D eigenvalue weighted by Gasteiger charge is -2.32. The van der Waals surface area contributed by atoms with E-state index in [4.69, 9.17) is 0 Å². The van der Waals surface area contributed by atoms with Crippen LogP contribution in [0.25, 0.3) is 11.1 Å². The minimum Gasteiger partial charge on any atom is -0.218 e. The van der Waals surface area contributed by atoms with E-state index in [1.807, 2.05) is 0 Å². The van der Waals surface area contributed by atoms with Gasteiger partial charge in [0.25, 0.3) is 0 Å². The third-order valence-corrected chi connectivity index (χ3v) is 3.84. The Morgan fingerprint density at radius 3 is 1.70 bits per heavy atom. The van der Waals surface area contributed by atoms with E-state index in [2.05, 4.69) is 6.07 Å². The Kier molecular flexibility index (Phi) is 5.00. The Morgan fingerprint density at radius 2 is 1.22 bits per heavy atom. The van der Waals surface area contributed by atoms with Gasteiger partial charge in [-0.2, -0.15) is 26.3 Å². The van der Waals surface area contributed by atoms with Crippen LogP contribution in [-0.2, 0) is 5.67 Å². The molecule has 10 heteroatoms. The number of hydrogen-bond donors (Lipinski definition) is 0. The van der Waals surface area contributed by atoms with Gasteiger partial charge in [0.15, 0.2) is 11.6 Å². The van der Waals surface area contributed by atoms with Gasteiger partial charge in [-0.05, 0) is 48.7 Å². The number of benzene rings is 2. The van der Waals surface area contributed by atoms with Crippen LogP contribution < -0.4 is 0 Å². The molecular formula is C17H9F10. The summed E-state index contributed by atoms with van der Waals surface area (Å²) < 4.78 is 135. The van der Waals surface area contributed by atoms with Crippen molar-refractivity contribution in [3.8, 4) is 11.1 Å². The second-order valence-corrected chi connectivity index (χ2v) is 5.74. The molecule has 0 amide bonds. The zero-order chi connectivity index (χ0) is 20.9. The van der Waals surface area contributed by atoms with Crippen LogP contribution in [0.2, 0.25) is 0 Å². The molecule has 0 saturated heterocycles. The molecule has 0 aromatic heterocycles. The molecule has 1 radical (unpaired) electrons. The van der Waals surface area contributed by atoms with Gasteiger partial charge in [-0.25, -0.2) is 17.6 Å². The van der Waals surface area contributed by atoms with Crippen molar-refractivity contribution in [2.24, 2.45) is 0 Å². The molecule has 0 heterocycles. The van der Waals surface area contributed by atoms with E-state index in [0.29, 0.717) is 6.07 Å². The van der Waals surface area contributed by atoms with Crippen LogP contribution in [0.3, 0.4) is 0 Å². The van der Waals surface area contributed by atoms with Gasteiger partial charge in [0.1, 0.15) is 5.82 Å². The van der Waals surface area contributed by atoms with E-state index in [-0.39, 0.29) is 17.7 Å². The molecule has 0 aliphatic carbocycles. The van der Waals surface area contributed by atoms with Crippen LogP contribution in [0.5, 0.6) is 0 Å². The van der Waals surface area contributed by atoms with E-state index >= 15 is 0 Å². The van der Waals surface area contributed by atoms with Crippen molar-refractivity contribution in [1.29, 1.82) is 0 Å². The number of alkyl halides is 7. The largest absolute Gasteiger partial charge is 0.435 e. The normalized spacial score (nSPS) is 13.2.